The van der Waals surface area contributed by atoms with E-state index < -0.39 is 0 Å². The fraction of sp³-hybridized carbons (Fsp3) is 0.158. The number of methoxy groups -OCH3 is 1. The lowest BCUT2D eigenvalue weighted by molar-refractivity contribution is 0.0950. The number of amides is 1. The first-order valence-electron chi connectivity index (χ1n) is 8.26. The average molecular weight is 403 g/mol. The Hall–Kier alpha value is -2.64. The second-order valence-electron chi connectivity index (χ2n) is 5.74. The van der Waals surface area contributed by atoms with Gasteiger partial charge >= 0.3 is 0 Å². The molecule has 0 bridgehead atoms. The monoisotopic (exact) mass is 402 g/mol. The molecule has 27 heavy (non-hydrogen) atoms. The molecule has 3 N–H and O–H groups in total. The minimum Gasteiger partial charge on any atom is -0.497 e. The molecule has 0 spiro atoms. The molecule has 1 heterocycles. The van der Waals surface area contributed by atoms with Gasteiger partial charge in [-0.05, 0) is 36.4 Å². The number of thiol groups is 1. The highest BCUT2D eigenvalue weighted by molar-refractivity contribution is 7.78. The molecule has 0 fully saturated rings. The third-order valence-electron chi connectivity index (χ3n) is 3.94. The number of aliphatic imine (C=N–C) groups is 1. The quantitative estimate of drug-likeness (QED) is 0.221. The highest BCUT2D eigenvalue weighted by Gasteiger charge is 2.09. The van der Waals surface area contributed by atoms with Gasteiger partial charge in [-0.2, -0.15) is 0 Å². The molecule has 0 aliphatic rings. The van der Waals surface area contributed by atoms with Crippen LogP contribution in [0.5, 0.6) is 5.75 Å². The molecule has 6 nitrogen and oxygen atoms in total. The number of fused-ring (bicyclic) bond motifs is 1. The second kappa shape index (κ2) is 8.83. The maximum Gasteiger partial charge on any atom is 0.267 e. The average Bonchev–Trinajstić information content (AvgIpc) is 3.11. The fourth-order valence-electron chi connectivity index (χ4n) is 2.62. The number of rotatable bonds is 6. The number of aromatic nitrogens is 1. The summed E-state index contributed by atoms with van der Waals surface area (Å²) in [7, 11) is 1.61. The van der Waals surface area contributed by atoms with Gasteiger partial charge < -0.3 is 19.8 Å². The van der Waals surface area contributed by atoms with E-state index in [2.05, 4.69) is 32.8 Å². The van der Waals surface area contributed by atoms with Gasteiger partial charge in [0.05, 0.1) is 13.7 Å². The van der Waals surface area contributed by atoms with Crippen LogP contribution in [0.1, 0.15) is 16.1 Å². The van der Waals surface area contributed by atoms with Crippen LogP contribution in [0.25, 0.3) is 10.9 Å². The first-order chi connectivity index (χ1) is 13.1. The number of ether oxygens (including phenoxy) is 1. The minimum atomic E-state index is -0.191. The molecule has 140 valence electrons. The molecule has 0 saturated heterocycles. The summed E-state index contributed by atoms with van der Waals surface area (Å²) in [6.07, 6.45) is 0. The lowest BCUT2D eigenvalue weighted by atomic mass is 10.2. The zero-order chi connectivity index (χ0) is 19.2. The van der Waals surface area contributed by atoms with E-state index >= 15 is 0 Å². The lowest BCUT2D eigenvalue weighted by Gasteiger charge is -2.06. The molecule has 0 unspecified atom stereocenters. The molecule has 0 saturated carbocycles. The summed E-state index contributed by atoms with van der Waals surface area (Å²) in [4.78, 5) is 19.8. The summed E-state index contributed by atoms with van der Waals surface area (Å²) in [5, 5.41) is 4.38. The number of benzene rings is 2. The predicted octanol–water partition coefficient (Wildman–Crippen LogP) is 3.44. The van der Waals surface area contributed by atoms with Crippen molar-refractivity contribution in [3.8, 4) is 5.75 Å². The van der Waals surface area contributed by atoms with Crippen molar-refractivity contribution < 1.29 is 9.53 Å². The van der Waals surface area contributed by atoms with Gasteiger partial charge in [-0.3, -0.25) is 9.79 Å². The van der Waals surface area contributed by atoms with Crippen molar-refractivity contribution in [1.29, 1.82) is 0 Å². The van der Waals surface area contributed by atoms with Crippen LogP contribution >= 0.6 is 24.4 Å². The van der Waals surface area contributed by atoms with Gasteiger partial charge in [-0.15, -0.1) is 0 Å². The normalized spacial score (nSPS) is 11.4. The number of amidine groups is 1. The minimum absolute atomic E-state index is 0.191. The van der Waals surface area contributed by atoms with E-state index in [1.807, 2.05) is 30.3 Å². The number of hydrogen-bond acceptors (Lipinski definition) is 4. The number of carbonyl (C=O) groups excluding carboxylic acids is 1. The summed E-state index contributed by atoms with van der Waals surface area (Å²) >= 11 is 10.1. The SMILES string of the molecule is COc1ccc2[nH]c(C(=O)NCCN=C(NS)c3cccc(Cl)c3)cc2c1. The van der Waals surface area contributed by atoms with Crippen LogP contribution in [0.2, 0.25) is 5.02 Å². The van der Waals surface area contributed by atoms with Gasteiger partial charge in [0.2, 0.25) is 0 Å². The summed E-state index contributed by atoms with van der Waals surface area (Å²) in [5.41, 5.74) is 2.19. The van der Waals surface area contributed by atoms with Crippen LogP contribution in [0, 0.1) is 0 Å². The highest BCUT2D eigenvalue weighted by Crippen LogP contribution is 2.21. The maximum absolute atomic E-state index is 12.3. The first kappa shape index (κ1) is 19.1. The van der Waals surface area contributed by atoms with Gasteiger partial charge in [-0.1, -0.05) is 36.5 Å². The molecular formula is C19H19ClN4O2S. The number of carbonyl (C=O) groups is 1. The topological polar surface area (TPSA) is 78.5 Å². The van der Waals surface area contributed by atoms with E-state index in [4.69, 9.17) is 16.3 Å². The molecule has 3 rings (SSSR count). The van der Waals surface area contributed by atoms with Crippen molar-refractivity contribution in [2.24, 2.45) is 4.99 Å². The lowest BCUT2D eigenvalue weighted by Crippen LogP contribution is -2.27. The molecule has 0 aliphatic carbocycles. The standard InChI is InChI=1S/C19H19ClN4O2S/c1-26-15-5-6-16-13(10-15)11-17(23-16)19(25)22-8-7-21-18(24-27)12-3-2-4-14(20)9-12/h2-6,9-11,23,27H,7-8H2,1H3,(H,21,24)(H,22,25). The van der Waals surface area contributed by atoms with Crippen LogP contribution < -0.4 is 14.8 Å². The smallest absolute Gasteiger partial charge is 0.267 e. The van der Waals surface area contributed by atoms with E-state index in [-0.39, 0.29) is 5.91 Å². The second-order valence-corrected chi connectivity index (χ2v) is 6.40. The Balaban J connectivity index is 1.60. The molecule has 0 atom stereocenters. The van der Waals surface area contributed by atoms with E-state index in [9.17, 15) is 4.79 Å². The number of hydrogen-bond donors (Lipinski definition) is 4. The van der Waals surface area contributed by atoms with Crippen molar-refractivity contribution in [3.63, 3.8) is 0 Å². The summed E-state index contributed by atoms with van der Waals surface area (Å²) in [6, 6.07) is 14.7. The van der Waals surface area contributed by atoms with E-state index in [0.717, 1.165) is 22.2 Å². The third kappa shape index (κ3) is 4.75. The van der Waals surface area contributed by atoms with Crippen LogP contribution in [0.4, 0.5) is 0 Å². The number of halogens is 1. The molecule has 0 radical (unpaired) electrons. The van der Waals surface area contributed by atoms with Gasteiger partial charge in [0.25, 0.3) is 5.91 Å². The predicted molar refractivity (Wildman–Crippen MR) is 112 cm³/mol. The van der Waals surface area contributed by atoms with E-state index in [0.29, 0.717) is 29.6 Å². The fourth-order valence-corrected chi connectivity index (χ4v) is 3.01. The van der Waals surface area contributed by atoms with Gasteiger partial charge in [-0.25, -0.2) is 0 Å². The van der Waals surface area contributed by atoms with Crippen LogP contribution in [0.15, 0.2) is 53.5 Å². The van der Waals surface area contributed by atoms with Crippen LogP contribution in [0.3, 0.4) is 0 Å². The molecular weight excluding hydrogens is 384 g/mol. The summed E-state index contributed by atoms with van der Waals surface area (Å²) < 4.78 is 7.95. The molecule has 3 aromatic rings. The Kier molecular flexibility index (Phi) is 6.26. The van der Waals surface area contributed by atoms with Crippen molar-refractivity contribution in [3.05, 3.63) is 64.8 Å². The van der Waals surface area contributed by atoms with E-state index in [1.165, 1.54) is 0 Å². The molecule has 8 heteroatoms. The zero-order valence-electron chi connectivity index (χ0n) is 14.6. The van der Waals surface area contributed by atoms with Crippen molar-refractivity contribution in [2.45, 2.75) is 0 Å². The number of aromatic amines is 1. The summed E-state index contributed by atoms with van der Waals surface area (Å²) in [5.74, 6) is 1.15. The van der Waals surface area contributed by atoms with E-state index in [1.54, 1.807) is 25.3 Å². The van der Waals surface area contributed by atoms with Crippen molar-refractivity contribution in [2.75, 3.05) is 20.2 Å². The third-order valence-corrected chi connectivity index (χ3v) is 4.39. The largest absolute Gasteiger partial charge is 0.497 e. The first-order valence-corrected chi connectivity index (χ1v) is 9.08. The maximum atomic E-state index is 12.3. The van der Waals surface area contributed by atoms with Gasteiger partial charge in [0, 0.05) is 28.0 Å². The Bertz CT molecular complexity index is 987. The highest BCUT2D eigenvalue weighted by atomic mass is 35.5. The number of H-pyrrole nitrogens is 1. The zero-order valence-corrected chi connectivity index (χ0v) is 16.3. The van der Waals surface area contributed by atoms with Crippen molar-refractivity contribution >= 4 is 47.1 Å². The Morgan fingerprint density at radius 2 is 2.11 bits per heavy atom. The van der Waals surface area contributed by atoms with Gasteiger partial charge in [0.15, 0.2) is 0 Å². The molecule has 1 aromatic heterocycles. The van der Waals surface area contributed by atoms with Gasteiger partial charge in [0.1, 0.15) is 17.3 Å². The summed E-state index contributed by atoms with van der Waals surface area (Å²) in [6.45, 7) is 0.784. The van der Waals surface area contributed by atoms with Crippen LogP contribution in [-0.4, -0.2) is 36.9 Å². The van der Waals surface area contributed by atoms with Crippen molar-refractivity contribution in [1.82, 2.24) is 15.0 Å². The Labute approximate surface area is 167 Å². The number of nitrogens with one attached hydrogen (secondary N) is 3. The molecule has 2 aromatic carbocycles. The van der Waals surface area contributed by atoms with Crippen LogP contribution in [-0.2, 0) is 0 Å². The molecule has 0 aliphatic heterocycles. The number of nitrogens with zero attached hydrogens (tertiary/aromatic N) is 1. The Morgan fingerprint density at radius 1 is 1.26 bits per heavy atom. The Morgan fingerprint density at radius 3 is 2.85 bits per heavy atom. The molecule has 1 amide bonds.